The van der Waals surface area contributed by atoms with Crippen molar-refractivity contribution in [2.24, 2.45) is 0 Å². The predicted molar refractivity (Wildman–Crippen MR) is 159 cm³/mol. The molecule has 7 rings (SSSR count). The quantitative estimate of drug-likeness (QED) is 0.225. The van der Waals surface area contributed by atoms with Crippen LogP contribution in [0.4, 0.5) is 0 Å². The van der Waals surface area contributed by atoms with Crippen LogP contribution in [-0.4, -0.2) is 0 Å². The van der Waals surface area contributed by atoms with Crippen molar-refractivity contribution in [1.82, 2.24) is 0 Å². The Hall–Kier alpha value is -4.42. The van der Waals surface area contributed by atoms with Crippen LogP contribution in [0.5, 0.6) is 0 Å². The minimum Gasteiger partial charge on any atom is -0.0776 e. The second kappa shape index (κ2) is 8.66. The van der Waals surface area contributed by atoms with Gasteiger partial charge in [0.15, 0.2) is 0 Å². The molecular formula is C36H28. The molecule has 7 aromatic carbocycles. The lowest BCUT2D eigenvalue weighted by Gasteiger charge is -2.19. The van der Waals surface area contributed by atoms with Gasteiger partial charge in [-0.05, 0) is 84.4 Å². The van der Waals surface area contributed by atoms with Crippen molar-refractivity contribution in [2.45, 2.75) is 14.4 Å². The van der Waals surface area contributed by atoms with E-state index in [-0.39, 0.29) is 7.43 Å². The van der Waals surface area contributed by atoms with Crippen LogP contribution in [0.3, 0.4) is 0 Å². The highest BCUT2D eigenvalue weighted by atomic mass is 14.2. The summed E-state index contributed by atoms with van der Waals surface area (Å²) in [4.78, 5) is 0. The van der Waals surface area contributed by atoms with Gasteiger partial charge in [0.05, 0.1) is 0 Å². The van der Waals surface area contributed by atoms with Crippen molar-refractivity contribution in [3.63, 3.8) is 0 Å². The summed E-state index contributed by atoms with van der Waals surface area (Å²) in [5.74, 6) is 0. The Labute approximate surface area is 212 Å². The third-order valence-electron chi connectivity index (χ3n) is 7.26. The van der Waals surface area contributed by atoms with Crippen molar-refractivity contribution in [3.8, 4) is 22.3 Å². The van der Waals surface area contributed by atoms with Gasteiger partial charge in [0.2, 0.25) is 0 Å². The van der Waals surface area contributed by atoms with Crippen LogP contribution in [0.2, 0.25) is 0 Å². The van der Waals surface area contributed by atoms with Crippen molar-refractivity contribution < 1.29 is 0 Å². The lowest BCUT2D eigenvalue weighted by Crippen LogP contribution is -1.92. The maximum Gasteiger partial charge on any atom is -0.00261 e. The Morgan fingerprint density at radius 3 is 1.36 bits per heavy atom. The minimum absolute atomic E-state index is 0. The molecule has 0 aliphatic heterocycles. The molecule has 0 heteroatoms. The summed E-state index contributed by atoms with van der Waals surface area (Å²) in [6.45, 7) is 2.19. The number of fused-ring (bicyclic) bond motifs is 4. The van der Waals surface area contributed by atoms with Crippen LogP contribution >= 0.6 is 0 Å². The molecule has 0 aliphatic carbocycles. The van der Waals surface area contributed by atoms with E-state index in [1.54, 1.807) is 0 Å². The van der Waals surface area contributed by atoms with Gasteiger partial charge in [-0.25, -0.2) is 0 Å². The first kappa shape index (κ1) is 22.1. The van der Waals surface area contributed by atoms with Crippen molar-refractivity contribution in [2.75, 3.05) is 0 Å². The van der Waals surface area contributed by atoms with E-state index in [1.807, 2.05) is 0 Å². The summed E-state index contributed by atoms with van der Waals surface area (Å²) in [6, 6.07) is 46.8. The normalized spacial score (nSPS) is 11.2. The van der Waals surface area contributed by atoms with Crippen LogP contribution in [0.25, 0.3) is 65.3 Å². The highest BCUT2D eigenvalue weighted by molar-refractivity contribution is 6.22. The number of aryl methyl sites for hydroxylation is 1. The van der Waals surface area contributed by atoms with E-state index in [1.165, 1.54) is 70.9 Å². The molecule has 0 unspecified atom stereocenters. The van der Waals surface area contributed by atoms with E-state index in [9.17, 15) is 0 Å². The Morgan fingerprint density at radius 2 is 0.806 bits per heavy atom. The number of rotatable bonds is 2. The minimum atomic E-state index is 0. The zero-order chi connectivity index (χ0) is 23.4. The molecular weight excluding hydrogens is 432 g/mol. The molecule has 0 N–H and O–H groups in total. The molecule has 0 aromatic heterocycles. The molecule has 0 amide bonds. The van der Waals surface area contributed by atoms with E-state index < -0.39 is 0 Å². The maximum atomic E-state index is 2.36. The monoisotopic (exact) mass is 460 g/mol. The van der Waals surface area contributed by atoms with Gasteiger partial charge in [-0.2, -0.15) is 0 Å². The average Bonchev–Trinajstić information content (AvgIpc) is 2.91. The average molecular weight is 461 g/mol. The Morgan fingerprint density at radius 1 is 0.361 bits per heavy atom. The van der Waals surface area contributed by atoms with Gasteiger partial charge >= 0.3 is 0 Å². The molecule has 0 aliphatic rings. The van der Waals surface area contributed by atoms with Gasteiger partial charge in [0.25, 0.3) is 0 Å². The first-order valence-corrected chi connectivity index (χ1v) is 12.2. The second-order valence-electron chi connectivity index (χ2n) is 9.47. The predicted octanol–water partition coefficient (Wildman–Crippen LogP) is 10.6. The van der Waals surface area contributed by atoms with E-state index in [0.29, 0.717) is 0 Å². The van der Waals surface area contributed by atoms with Gasteiger partial charge in [-0.3, -0.25) is 0 Å². The molecule has 0 radical (unpaired) electrons. The van der Waals surface area contributed by atoms with Crippen LogP contribution < -0.4 is 0 Å². The molecule has 36 heavy (non-hydrogen) atoms. The molecule has 172 valence electrons. The molecule has 0 nitrogen and oxygen atoms in total. The summed E-state index contributed by atoms with van der Waals surface area (Å²) in [7, 11) is 0. The first-order chi connectivity index (χ1) is 17.3. The third-order valence-corrected chi connectivity index (χ3v) is 7.26. The van der Waals surface area contributed by atoms with Gasteiger partial charge in [0.1, 0.15) is 0 Å². The standard InChI is InChI=1S/C35H24.CH4/c1-23-14-19-32-33(20-23)35(29-18-16-25-9-3-5-11-27(25)22-29)31-13-7-6-12-30(31)34(32)28-17-15-24-8-2-4-10-26(24)21-28;/h2-22H,1H3;1H4. The number of benzene rings is 7. The van der Waals surface area contributed by atoms with E-state index >= 15 is 0 Å². The summed E-state index contributed by atoms with van der Waals surface area (Å²) < 4.78 is 0. The fourth-order valence-corrected chi connectivity index (χ4v) is 5.60. The highest BCUT2D eigenvalue weighted by Crippen LogP contribution is 2.44. The Balaban J connectivity index is 0.00000240. The summed E-state index contributed by atoms with van der Waals surface area (Å²) >= 11 is 0. The van der Waals surface area contributed by atoms with E-state index in [4.69, 9.17) is 0 Å². The molecule has 0 fully saturated rings. The van der Waals surface area contributed by atoms with Gasteiger partial charge in [-0.15, -0.1) is 0 Å². The van der Waals surface area contributed by atoms with Crippen LogP contribution in [-0.2, 0) is 0 Å². The molecule has 0 spiro atoms. The summed E-state index contributed by atoms with van der Waals surface area (Å²) in [5, 5.41) is 10.3. The molecule has 0 heterocycles. The Kier molecular flexibility index (Phi) is 5.31. The van der Waals surface area contributed by atoms with Crippen LogP contribution in [0.15, 0.2) is 127 Å². The third kappa shape index (κ3) is 3.46. The smallest absolute Gasteiger partial charge is 0.00261 e. The molecule has 0 saturated heterocycles. The number of hydrogen-bond acceptors (Lipinski definition) is 0. The van der Waals surface area contributed by atoms with Crippen LogP contribution in [0.1, 0.15) is 13.0 Å². The van der Waals surface area contributed by atoms with Crippen molar-refractivity contribution in [1.29, 1.82) is 0 Å². The topological polar surface area (TPSA) is 0 Å². The first-order valence-electron chi connectivity index (χ1n) is 12.2. The maximum absolute atomic E-state index is 2.36. The highest BCUT2D eigenvalue weighted by Gasteiger charge is 2.17. The second-order valence-corrected chi connectivity index (χ2v) is 9.47. The molecule has 0 bridgehead atoms. The van der Waals surface area contributed by atoms with Gasteiger partial charge < -0.3 is 0 Å². The molecule has 0 saturated carbocycles. The molecule has 0 atom stereocenters. The van der Waals surface area contributed by atoms with Crippen molar-refractivity contribution >= 4 is 43.1 Å². The zero-order valence-corrected chi connectivity index (χ0v) is 19.6. The zero-order valence-electron chi connectivity index (χ0n) is 19.6. The van der Waals surface area contributed by atoms with Gasteiger partial charge in [0, 0.05) is 0 Å². The summed E-state index contributed by atoms with van der Waals surface area (Å²) in [6.07, 6.45) is 0. The lowest BCUT2D eigenvalue weighted by atomic mass is 9.84. The SMILES string of the molecule is C.Cc1ccc2c(-c3ccc4ccccc4c3)c3ccccc3c(-c3ccc4ccccc4c3)c2c1. The molecule has 7 aromatic rings. The Bertz CT molecular complexity index is 1910. The fourth-order valence-electron chi connectivity index (χ4n) is 5.60. The van der Waals surface area contributed by atoms with E-state index in [2.05, 4.69) is 134 Å². The van der Waals surface area contributed by atoms with Gasteiger partial charge in [-0.1, -0.05) is 128 Å². The van der Waals surface area contributed by atoms with Crippen LogP contribution in [0, 0.1) is 6.92 Å². The largest absolute Gasteiger partial charge is 0.0776 e. The lowest BCUT2D eigenvalue weighted by molar-refractivity contribution is 1.51. The van der Waals surface area contributed by atoms with E-state index in [0.717, 1.165) is 0 Å². The fraction of sp³-hybridized carbons (Fsp3) is 0.0556. The summed E-state index contributed by atoms with van der Waals surface area (Å²) in [5.41, 5.74) is 6.43. The van der Waals surface area contributed by atoms with Crippen molar-refractivity contribution in [3.05, 3.63) is 133 Å². The number of hydrogen-bond donors (Lipinski definition) is 0.